The molecule has 142 valence electrons. The van der Waals surface area contributed by atoms with E-state index >= 15 is 0 Å². The number of rotatable bonds is 8. The molecule has 1 heterocycles. The molecule has 0 saturated heterocycles. The fraction of sp³-hybridized carbons (Fsp3) is 0.684. The van der Waals surface area contributed by atoms with E-state index in [9.17, 15) is 9.59 Å². The number of carbonyl (C=O) groups excluding carboxylic acids is 2. The smallest absolute Gasteiger partial charge is 0.303 e. The van der Waals surface area contributed by atoms with Gasteiger partial charge in [0.1, 0.15) is 18.8 Å². The Hall–Kier alpha value is -1.40. The zero-order valence-electron chi connectivity index (χ0n) is 16.3. The summed E-state index contributed by atoms with van der Waals surface area (Å²) in [6.45, 7) is 11.8. The van der Waals surface area contributed by atoms with Gasteiger partial charge >= 0.3 is 11.9 Å². The molecule has 25 heavy (non-hydrogen) atoms. The fourth-order valence-electron chi connectivity index (χ4n) is 3.41. The molecule has 0 radical (unpaired) electrons. The maximum Gasteiger partial charge on any atom is 0.303 e. The van der Waals surface area contributed by atoms with Crippen molar-refractivity contribution in [1.82, 2.24) is 0 Å². The van der Waals surface area contributed by atoms with Crippen LogP contribution in [0.4, 0.5) is 0 Å². The van der Waals surface area contributed by atoms with Crippen LogP contribution in [-0.4, -0.2) is 44.9 Å². The summed E-state index contributed by atoms with van der Waals surface area (Å²) in [6.07, 6.45) is 4.72. The molecule has 0 aromatic heterocycles. The van der Waals surface area contributed by atoms with Gasteiger partial charge in [-0.25, -0.2) is 0 Å². The van der Waals surface area contributed by atoms with Crippen LogP contribution in [0, 0.1) is 0 Å². The van der Waals surface area contributed by atoms with Gasteiger partial charge < -0.3 is 14.2 Å². The first-order valence-corrected chi connectivity index (χ1v) is 11.7. The molecule has 5 nitrogen and oxygen atoms in total. The topological polar surface area (TPSA) is 61.8 Å². The normalized spacial score (nSPS) is 24.1. The SMILES string of the molecule is CC[Si](CC)(CC)/C(C)=C/[C@@H]1C=C[C@@H](OC(C)=O)[C@@H](COC(C)=O)O1. The lowest BCUT2D eigenvalue weighted by atomic mass is 10.1. The van der Waals surface area contributed by atoms with Gasteiger partial charge in [-0.15, -0.1) is 0 Å². The van der Waals surface area contributed by atoms with Gasteiger partial charge in [-0.2, -0.15) is 0 Å². The number of ether oxygens (including phenoxy) is 3. The van der Waals surface area contributed by atoms with Crippen molar-refractivity contribution < 1.29 is 23.8 Å². The summed E-state index contributed by atoms with van der Waals surface area (Å²) in [5.41, 5.74) is 0. The summed E-state index contributed by atoms with van der Waals surface area (Å²) >= 11 is 0. The van der Waals surface area contributed by atoms with Gasteiger partial charge in [0.05, 0.1) is 14.2 Å². The highest BCUT2D eigenvalue weighted by Gasteiger charge is 2.32. The fourth-order valence-corrected chi connectivity index (χ4v) is 7.10. The molecule has 1 rings (SSSR count). The minimum atomic E-state index is -1.43. The van der Waals surface area contributed by atoms with Crippen LogP contribution in [0.3, 0.4) is 0 Å². The van der Waals surface area contributed by atoms with Crippen molar-refractivity contribution in [3.63, 3.8) is 0 Å². The Morgan fingerprint density at radius 2 is 1.64 bits per heavy atom. The zero-order valence-corrected chi connectivity index (χ0v) is 17.3. The van der Waals surface area contributed by atoms with Gasteiger partial charge in [0, 0.05) is 13.8 Å². The third kappa shape index (κ3) is 6.11. The van der Waals surface area contributed by atoms with E-state index in [0.29, 0.717) is 0 Å². The summed E-state index contributed by atoms with van der Waals surface area (Å²) < 4.78 is 16.4. The first-order chi connectivity index (χ1) is 11.8. The molecule has 0 aromatic rings. The predicted molar refractivity (Wildman–Crippen MR) is 101 cm³/mol. The van der Waals surface area contributed by atoms with Crippen LogP contribution in [0.2, 0.25) is 18.1 Å². The summed E-state index contributed by atoms with van der Waals surface area (Å²) in [7, 11) is -1.43. The first kappa shape index (κ1) is 21.6. The number of esters is 2. The highest BCUT2D eigenvalue weighted by molar-refractivity contribution is 6.86. The van der Waals surface area contributed by atoms with Crippen LogP contribution >= 0.6 is 0 Å². The van der Waals surface area contributed by atoms with E-state index in [2.05, 4.69) is 33.8 Å². The highest BCUT2D eigenvalue weighted by Crippen LogP contribution is 2.29. The zero-order chi connectivity index (χ0) is 19.0. The maximum absolute atomic E-state index is 11.3. The molecule has 0 spiro atoms. The first-order valence-electron chi connectivity index (χ1n) is 9.11. The van der Waals surface area contributed by atoms with Crippen LogP contribution in [0.25, 0.3) is 0 Å². The Balaban J connectivity index is 2.96. The molecule has 0 saturated carbocycles. The second kappa shape index (κ2) is 9.92. The largest absolute Gasteiger partial charge is 0.463 e. The van der Waals surface area contributed by atoms with Crippen LogP contribution in [-0.2, 0) is 23.8 Å². The van der Waals surface area contributed by atoms with E-state index in [-0.39, 0.29) is 24.6 Å². The van der Waals surface area contributed by atoms with Crippen molar-refractivity contribution in [3.8, 4) is 0 Å². The van der Waals surface area contributed by atoms with Crippen LogP contribution in [0.1, 0.15) is 41.5 Å². The summed E-state index contributed by atoms with van der Waals surface area (Å²) in [5.74, 6) is -0.761. The molecule has 3 atom stereocenters. The van der Waals surface area contributed by atoms with Crippen LogP contribution in [0.15, 0.2) is 23.4 Å². The molecule has 0 unspecified atom stereocenters. The van der Waals surface area contributed by atoms with Gasteiger partial charge in [0.25, 0.3) is 0 Å². The minimum absolute atomic E-state index is 0.0684. The Kier molecular flexibility index (Phi) is 8.59. The Morgan fingerprint density at radius 3 is 2.12 bits per heavy atom. The number of hydrogen-bond acceptors (Lipinski definition) is 5. The van der Waals surface area contributed by atoms with E-state index in [1.807, 2.05) is 12.2 Å². The number of hydrogen-bond donors (Lipinski definition) is 0. The quantitative estimate of drug-likeness (QED) is 0.370. The Bertz CT molecular complexity index is 514. The molecule has 6 heteroatoms. The predicted octanol–water partition coefficient (Wildman–Crippen LogP) is 3.80. The van der Waals surface area contributed by atoms with Crippen molar-refractivity contribution in [2.24, 2.45) is 0 Å². The van der Waals surface area contributed by atoms with Gasteiger partial charge in [0.2, 0.25) is 0 Å². The van der Waals surface area contributed by atoms with E-state index in [4.69, 9.17) is 14.2 Å². The molecule has 0 aromatic carbocycles. The van der Waals surface area contributed by atoms with Crippen molar-refractivity contribution in [1.29, 1.82) is 0 Å². The lowest BCUT2D eigenvalue weighted by Gasteiger charge is -2.33. The summed E-state index contributed by atoms with van der Waals surface area (Å²) in [5, 5.41) is 1.44. The molecule has 0 amide bonds. The average molecular weight is 369 g/mol. The number of carbonyl (C=O) groups is 2. The molecular weight excluding hydrogens is 336 g/mol. The lowest BCUT2D eigenvalue weighted by Crippen LogP contribution is -2.41. The van der Waals surface area contributed by atoms with Crippen molar-refractivity contribution in [3.05, 3.63) is 23.4 Å². The number of allylic oxidation sites excluding steroid dienone is 1. The average Bonchev–Trinajstić information content (AvgIpc) is 2.56. The van der Waals surface area contributed by atoms with Gasteiger partial charge in [-0.1, -0.05) is 56.3 Å². The molecule has 0 aliphatic carbocycles. The third-order valence-corrected chi connectivity index (χ3v) is 11.1. The molecule has 1 aliphatic rings. The molecule has 1 aliphatic heterocycles. The van der Waals surface area contributed by atoms with Gasteiger partial charge in [-0.3, -0.25) is 9.59 Å². The minimum Gasteiger partial charge on any atom is -0.463 e. The van der Waals surface area contributed by atoms with E-state index in [1.54, 1.807) is 0 Å². The van der Waals surface area contributed by atoms with Crippen molar-refractivity contribution >= 4 is 20.0 Å². The maximum atomic E-state index is 11.3. The van der Waals surface area contributed by atoms with Crippen molar-refractivity contribution in [2.75, 3.05) is 6.61 Å². The molecule has 0 bridgehead atoms. The van der Waals surface area contributed by atoms with Gasteiger partial charge in [0.15, 0.2) is 0 Å². The molecule has 0 N–H and O–H groups in total. The van der Waals surface area contributed by atoms with E-state index < -0.39 is 20.3 Å². The molecular formula is C19H32O5Si. The summed E-state index contributed by atoms with van der Waals surface area (Å²) in [6, 6.07) is 3.64. The Morgan fingerprint density at radius 1 is 1.04 bits per heavy atom. The van der Waals surface area contributed by atoms with Gasteiger partial charge in [-0.05, 0) is 13.0 Å². The monoisotopic (exact) mass is 368 g/mol. The third-order valence-electron chi connectivity index (χ3n) is 5.22. The van der Waals surface area contributed by atoms with Crippen molar-refractivity contribution in [2.45, 2.75) is 78.0 Å². The lowest BCUT2D eigenvalue weighted by molar-refractivity contribution is -0.161. The highest BCUT2D eigenvalue weighted by atomic mass is 28.3. The summed E-state index contributed by atoms with van der Waals surface area (Å²) in [4.78, 5) is 22.4. The second-order valence-corrected chi connectivity index (χ2v) is 12.1. The van der Waals surface area contributed by atoms with Crippen LogP contribution < -0.4 is 0 Å². The standard InChI is InChI=1S/C19H32O5Si/c1-7-25(8-2,9-3)14(4)12-17-10-11-18(23-16(6)21)19(24-17)13-22-15(5)20/h10-12,17-19H,7-9,13H2,1-6H3/b14-12+/t17-,18+,19+/m0/s1. The second-order valence-electron chi connectivity index (χ2n) is 6.59. The van der Waals surface area contributed by atoms with E-state index in [1.165, 1.54) is 37.2 Å². The molecule has 0 fully saturated rings. The Labute approximate surface area is 152 Å². The van der Waals surface area contributed by atoms with E-state index in [0.717, 1.165) is 0 Å². The van der Waals surface area contributed by atoms with Crippen LogP contribution in [0.5, 0.6) is 0 Å².